The zero-order valence-electron chi connectivity index (χ0n) is 18.5. The van der Waals surface area contributed by atoms with Crippen molar-refractivity contribution in [3.05, 3.63) is 84.7 Å². The summed E-state index contributed by atoms with van der Waals surface area (Å²) in [5.74, 6) is -0.261. The smallest absolute Gasteiger partial charge is 0.221 e. The Morgan fingerprint density at radius 2 is 1.74 bits per heavy atom. The fraction of sp³-hybridized carbons (Fsp3) is 0.120. The van der Waals surface area contributed by atoms with Crippen LogP contribution in [-0.2, 0) is 7.05 Å². The first-order valence-corrected chi connectivity index (χ1v) is 10.8. The highest BCUT2D eigenvalue weighted by atomic mass is 19.1. The Balaban J connectivity index is 1.39. The van der Waals surface area contributed by atoms with Crippen LogP contribution >= 0.6 is 0 Å². The molecule has 0 N–H and O–H groups in total. The first kappa shape index (κ1) is 20.1. The largest absolute Gasteiger partial charge is 0.275 e. The Bertz CT molecular complexity index is 1650. The van der Waals surface area contributed by atoms with Crippen molar-refractivity contribution >= 4 is 22.2 Å². The van der Waals surface area contributed by atoms with Gasteiger partial charge in [-0.15, -0.1) is 5.10 Å². The molecule has 0 saturated heterocycles. The van der Waals surface area contributed by atoms with E-state index in [-0.39, 0.29) is 11.9 Å². The molecule has 0 saturated carbocycles. The second-order valence-corrected chi connectivity index (χ2v) is 8.20. The van der Waals surface area contributed by atoms with Crippen LogP contribution in [0.15, 0.2) is 73.3 Å². The van der Waals surface area contributed by atoms with Gasteiger partial charge in [0.15, 0.2) is 5.65 Å². The van der Waals surface area contributed by atoms with E-state index < -0.39 is 0 Å². The second-order valence-electron chi connectivity index (χ2n) is 8.20. The minimum absolute atomic E-state index is 0.137. The van der Waals surface area contributed by atoms with E-state index in [9.17, 15) is 4.39 Å². The highest BCUT2D eigenvalue weighted by molar-refractivity contribution is 5.84. The van der Waals surface area contributed by atoms with Gasteiger partial charge in [0.2, 0.25) is 5.65 Å². The number of aryl methyl sites for hydroxylation is 1. The Hall–Kier alpha value is -4.53. The number of nitrogens with zero attached hydrogens (tertiary/aromatic N) is 8. The molecule has 1 unspecified atom stereocenters. The number of aromatic nitrogens is 8. The molecule has 0 aliphatic carbocycles. The number of hydrogen-bond donors (Lipinski definition) is 0. The van der Waals surface area contributed by atoms with Crippen LogP contribution in [0.4, 0.5) is 4.39 Å². The molecule has 0 aliphatic heterocycles. The molecule has 34 heavy (non-hydrogen) atoms. The molecule has 2 aromatic carbocycles. The first-order chi connectivity index (χ1) is 16.5. The van der Waals surface area contributed by atoms with Crippen LogP contribution in [0.2, 0.25) is 0 Å². The summed E-state index contributed by atoms with van der Waals surface area (Å²) in [6.45, 7) is 2.05. The van der Waals surface area contributed by atoms with Gasteiger partial charge in [-0.25, -0.2) is 19.0 Å². The third-order valence-corrected chi connectivity index (χ3v) is 5.92. The van der Waals surface area contributed by atoms with Gasteiger partial charge in [-0.2, -0.15) is 5.10 Å². The topological polar surface area (TPSA) is 87.2 Å². The summed E-state index contributed by atoms with van der Waals surface area (Å²) in [5, 5.41) is 13.7. The van der Waals surface area contributed by atoms with E-state index in [4.69, 9.17) is 4.98 Å². The highest BCUT2D eigenvalue weighted by Gasteiger charge is 2.17. The van der Waals surface area contributed by atoms with Crippen molar-refractivity contribution in [1.82, 2.24) is 39.7 Å². The summed E-state index contributed by atoms with van der Waals surface area (Å²) in [4.78, 5) is 13.8. The van der Waals surface area contributed by atoms with Crippen LogP contribution in [0.5, 0.6) is 0 Å². The van der Waals surface area contributed by atoms with Gasteiger partial charge in [0, 0.05) is 36.0 Å². The van der Waals surface area contributed by atoms with Crippen molar-refractivity contribution in [2.75, 3.05) is 0 Å². The maximum absolute atomic E-state index is 13.3. The lowest BCUT2D eigenvalue weighted by Gasteiger charge is -2.14. The maximum Gasteiger partial charge on any atom is 0.221 e. The lowest BCUT2D eigenvalue weighted by molar-refractivity contribution is 0.556. The third-order valence-electron chi connectivity index (χ3n) is 5.92. The Morgan fingerprint density at radius 3 is 2.53 bits per heavy atom. The summed E-state index contributed by atoms with van der Waals surface area (Å²) in [6, 6.07) is 14.4. The van der Waals surface area contributed by atoms with E-state index >= 15 is 0 Å². The summed E-state index contributed by atoms with van der Waals surface area (Å²) < 4.78 is 16.8. The lowest BCUT2D eigenvalue weighted by atomic mass is 10.0. The zero-order chi connectivity index (χ0) is 23.2. The molecule has 8 nitrogen and oxygen atoms in total. The van der Waals surface area contributed by atoms with Crippen LogP contribution in [0, 0.1) is 5.82 Å². The van der Waals surface area contributed by atoms with Crippen LogP contribution in [0.1, 0.15) is 18.5 Å². The summed E-state index contributed by atoms with van der Waals surface area (Å²) in [6.07, 6.45) is 7.13. The molecule has 0 bridgehead atoms. The van der Waals surface area contributed by atoms with E-state index in [0.29, 0.717) is 17.0 Å². The lowest BCUT2D eigenvalue weighted by Crippen LogP contribution is -2.09. The van der Waals surface area contributed by atoms with E-state index in [2.05, 4.69) is 37.5 Å². The van der Waals surface area contributed by atoms with Crippen molar-refractivity contribution in [3.63, 3.8) is 0 Å². The standard InChI is InChI=1S/C25H19FN8/c1-15(34-25-24(31-32-34)28-13-23(30-25)20-12-29-33(2)14-20)17-5-8-22-18(9-17)10-19(11-27-22)16-3-6-21(26)7-4-16/h3-15H,1-2H3. The summed E-state index contributed by atoms with van der Waals surface area (Å²) in [5.41, 5.74) is 6.43. The summed E-state index contributed by atoms with van der Waals surface area (Å²) >= 11 is 0. The van der Waals surface area contributed by atoms with E-state index in [1.165, 1.54) is 12.1 Å². The van der Waals surface area contributed by atoms with Crippen LogP contribution < -0.4 is 0 Å². The Labute approximate surface area is 193 Å². The maximum atomic E-state index is 13.3. The normalized spacial score (nSPS) is 12.4. The van der Waals surface area contributed by atoms with Crippen LogP contribution in [0.3, 0.4) is 0 Å². The molecule has 0 aliphatic rings. The van der Waals surface area contributed by atoms with Crippen molar-refractivity contribution in [2.45, 2.75) is 13.0 Å². The monoisotopic (exact) mass is 450 g/mol. The number of fused-ring (bicyclic) bond motifs is 2. The Kier molecular flexibility index (Phi) is 4.61. The van der Waals surface area contributed by atoms with E-state index in [1.54, 1.807) is 40.1 Å². The predicted molar refractivity (Wildman–Crippen MR) is 126 cm³/mol. The van der Waals surface area contributed by atoms with Crippen molar-refractivity contribution in [3.8, 4) is 22.4 Å². The molecule has 4 heterocycles. The average Bonchev–Trinajstić information content (AvgIpc) is 3.49. The molecular weight excluding hydrogens is 431 g/mol. The van der Waals surface area contributed by atoms with Crippen molar-refractivity contribution < 1.29 is 4.39 Å². The molecule has 6 aromatic rings. The van der Waals surface area contributed by atoms with E-state index in [0.717, 1.165) is 33.2 Å². The van der Waals surface area contributed by atoms with Crippen LogP contribution in [0.25, 0.3) is 44.6 Å². The van der Waals surface area contributed by atoms with Gasteiger partial charge in [0.25, 0.3) is 0 Å². The third kappa shape index (κ3) is 3.47. The minimum atomic E-state index is -0.261. The second kappa shape index (κ2) is 7.80. The van der Waals surface area contributed by atoms with Gasteiger partial charge >= 0.3 is 0 Å². The zero-order valence-corrected chi connectivity index (χ0v) is 18.5. The summed E-state index contributed by atoms with van der Waals surface area (Å²) in [7, 11) is 1.86. The average molecular weight is 450 g/mol. The van der Waals surface area contributed by atoms with Crippen molar-refractivity contribution in [2.24, 2.45) is 7.05 Å². The quantitative estimate of drug-likeness (QED) is 0.391. The number of hydrogen-bond acceptors (Lipinski definition) is 6. The van der Waals surface area contributed by atoms with Crippen LogP contribution in [-0.4, -0.2) is 39.7 Å². The molecule has 6 rings (SSSR count). The minimum Gasteiger partial charge on any atom is -0.275 e. The molecule has 166 valence electrons. The molecule has 0 spiro atoms. The fourth-order valence-electron chi connectivity index (χ4n) is 4.03. The molecule has 1 atom stereocenters. The molecular formula is C25H19FN8. The number of halogens is 1. The molecule has 0 amide bonds. The first-order valence-electron chi connectivity index (χ1n) is 10.8. The molecule has 9 heteroatoms. The number of pyridine rings is 1. The molecule has 0 fully saturated rings. The van der Waals surface area contributed by atoms with E-state index in [1.807, 2.05) is 32.3 Å². The molecule has 4 aromatic heterocycles. The fourth-order valence-corrected chi connectivity index (χ4v) is 4.03. The van der Waals surface area contributed by atoms with Gasteiger partial charge < -0.3 is 0 Å². The van der Waals surface area contributed by atoms with Gasteiger partial charge in [-0.3, -0.25) is 9.67 Å². The SMILES string of the molecule is CC(c1ccc2ncc(-c3ccc(F)cc3)cc2c1)n1nnc2ncc(-c3cnn(C)c3)nc21. The van der Waals surface area contributed by atoms with Crippen molar-refractivity contribution in [1.29, 1.82) is 0 Å². The van der Waals surface area contributed by atoms with Gasteiger partial charge in [0.05, 0.1) is 29.6 Å². The van der Waals surface area contributed by atoms with Gasteiger partial charge in [-0.05, 0) is 48.4 Å². The number of rotatable bonds is 4. The molecule has 0 radical (unpaired) electrons. The van der Waals surface area contributed by atoms with Gasteiger partial charge in [0.1, 0.15) is 5.82 Å². The number of benzene rings is 2. The predicted octanol–water partition coefficient (Wildman–Crippen LogP) is 4.59. The Morgan fingerprint density at radius 1 is 0.882 bits per heavy atom. The van der Waals surface area contributed by atoms with Gasteiger partial charge in [-0.1, -0.05) is 23.4 Å². The highest BCUT2D eigenvalue weighted by Crippen LogP contribution is 2.28.